The maximum Gasteiger partial charge on any atom is 0.128 e. The monoisotopic (exact) mass is 195 g/mol. The molecule has 0 saturated heterocycles. The zero-order chi connectivity index (χ0) is 10.6. The van der Waals surface area contributed by atoms with Gasteiger partial charge in [-0.3, -0.25) is 5.32 Å². The molecule has 0 aliphatic rings. The molecule has 3 heteroatoms. The van der Waals surface area contributed by atoms with E-state index in [0.29, 0.717) is 12.1 Å². The Hall–Kier alpha value is -1.40. The molecule has 14 heavy (non-hydrogen) atoms. The van der Waals surface area contributed by atoms with Gasteiger partial charge in [0, 0.05) is 11.6 Å². The first-order chi connectivity index (χ1) is 6.65. The lowest BCUT2D eigenvalue weighted by Crippen LogP contribution is -2.19. The van der Waals surface area contributed by atoms with Gasteiger partial charge in [-0.2, -0.15) is 0 Å². The fourth-order valence-corrected chi connectivity index (χ4v) is 1.17. The number of rotatable bonds is 3. The van der Waals surface area contributed by atoms with Crippen molar-refractivity contribution in [3.63, 3.8) is 0 Å². The standard InChI is InChI=1S/C11H11F2N/c1-3-6-14-8(2)10-7-9(12)4-5-11(10)13/h1,4-5,7-8,14H,6H2,2H3. The molecule has 0 spiro atoms. The quantitative estimate of drug-likeness (QED) is 0.729. The van der Waals surface area contributed by atoms with Crippen LogP contribution in [0, 0.1) is 24.0 Å². The molecule has 1 rings (SSSR count). The number of nitrogens with one attached hydrogen (secondary N) is 1. The van der Waals surface area contributed by atoms with Crippen LogP contribution in [0.1, 0.15) is 18.5 Å². The van der Waals surface area contributed by atoms with Gasteiger partial charge in [0.1, 0.15) is 11.6 Å². The van der Waals surface area contributed by atoms with Crippen LogP contribution >= 0.6 is 0 Å². The van der Waals surface area contributed by atoms with Crippen molar-refractivity contribution in [2.24, 2.45) is 0 Å². The Bertz CT molecular complexity index is 355. The molecule has 1 atom stereocenters. The average Bonchev–Trinajstić information content (AvgIpc) is 2.18. The predicted octanol–water partition coefficient (Wildman–Crippen LogP) is 2.25. The Morgan fingerprint density at radius 3 is 2.86 bits per heavy atom. The molecule has 1 aromatic carbocycles. The molecular formula is C11H11F2N. The van der Waals surface area contributed by atoms with Crippen LogP contribution in [0.5, 0.6) is 0 Å². The number of terminal acetylenes is 1. The van der Waals surface area contributed by atoms with Gasteiger partial charge in [0.05, 0.1) is 6.54 Å². The van der Waals surface area contributed by atoms with Gasteiger partial charge in [-0.1, -0.05) is 5.92 Å². The predicted molar refractivity (Wildman–Crippen MR) is 51.6 cm³/mol. The highest BCUT2D eigenvalue weighted by atomic mass is 19.1. The molecule has 0 aromatic heterocycles. The van der Waals surface area contributed by atoms with E-state index in [9.17, 15) is 8.78 Å². The summed E-state index contributed by atoms with van der Waals surface area (Å²) < 4.78 is 26.0. The Kier molecular flexibility index (Phi) is 3.61. The molecule has 0 aliphatic carbocycles. The summed E-state index contributed by atoms with van der Waals surface area (Å²) in [5, 5.41) is 2.87. The third-order valence-electron chi connectivity index (χ3n) is 1.93. The van der Waals surface area contributed by atoms with Gasteiger partial charge in [0.15, 0.2) is 0 Å². The van der Waals surface area contributed by atoms with Crippen molar-refractivity contribution in [2.75, 3.05) is 6.54 Å². The molecule has 0 radical (unpaired) electrons. The molecule has 0 fully saturated rings. The second kappa shape index (κ2) is 4.73. The second-order valence-electron chi connectivity index (χ2n) is 2.97. The first-order valence-corrected chi connectivity index (χ1v) is 4.27. The van der Waals surface area contributed by atoms with Gasteiger partial charge >= 0.3 is 0 Å². The van der Waals surface area contributed by atoms with Crippen LogP contribution in [-0.4, -0.2) is 6.54 Å². The number of hydrogen-bond donors (Lipinski definition) is 1. The minimum Gasteiger partial charge on any atom is -0.299 e. The Morgan fingerprint density at radius 1 is 1.50 bits per heavy atom. The van der Waals surface area contributed by atoms with E-state index in [1.54, 1.807) is 6.92 Å². The first kappa shape index (κ1) is 10.7. The van der Waals surface area contributed by atoms with Gasteiger partial charge < -0.3 is 0 Å². The third-order valence-corrected chi connectivity index (χ3v) is 1.93. The zero-order valence-corrected chi connectivity index (χ0v) is 7.85. The van der Waals surface area contributed by atoms with E-state index in [0.717, 1.165) is 12.1 Å². The summed E-state index contributed by atoms with van der Waals surface area (Å²) in [5.74, 6) is 1.50. The number of halogens is 2. The SMILES string of the molecule is C#CCNC(C)c1cc(F)ccc1F. The molecule has 74 valence electrons. The molecule has 0 saturated carbocycles. The van der Waals surface area contributed by atoms with E-state index >= 15 is 0 Å². The Labute approximate surface area is 82.1 Å². The largest absolute Gasteiger partial charge is 0.299 e. The van der Waals surface area contributed by atoms with Crippen molar-refractivity contribution in [3.05, 3.63) is 35.4 Å². The molecule has 1 unspecified atom stereocenters. The van der Waals surface area contributed by atoms with Gasteiger partial charge in [0.2, 0.25) is 0 Å². The van der Waals surface area contributed by atoms with Crippen LogP contribution in [-0.2, 0) is 0 Å². The van der Waals surface area contributed by atoms with E-state index in [1.165, 1.54) is 6.07 Å². The molecular weight excluding hydrogens is 184 g/mol. The maximum atomic E-state index is 13.2. The van der Waals surface area contributed by atoms with Crippen molar-refractivity contribution in [2.45, 2.75) is 13.0 Å². The lowest BCUT2D eigenvalue weighted by molar-refractivity contribution is 0.538. The topological polar surface area (TPSA) is 12.0 Å². The summed E-state index contributed by atoms with van der Waals surface area (Å²) in [7, 11) is 0. The molecule has 0 heterocycles. The molecule has 0 aliphatic heterocycles. The Balaban J connectivity index is 2.83. The highest BCUT2D eigenvalue weighted by molar-refractivity contribution is 5.22. The lowest BCUT2D eigenvalue weighted by Gasteiger charge is -2.12. The summed E-state index contributed by atoms with van der Waals surface area (Å²) >= 11 is 0. The van der Waals surface area contributed by atoms with Crippen molar-refractivity contribution in [1.82, 2.24) is 5.32 Å². The molecule has 0 bridgehead atoms. The van der Waals surface area contributed by atoms with E-state index in [1.807, 2.05) is 0 Å². The lowest BCUT2D eigenvalue weighted by atomic mass is 10.1. The normalized spacial score (nSPS) is 12.1. The van der Waals surface area contributed by atoms with Gasteiger partial charge in [-0.25, -0.2) is 8.78 Å². The van der Waals surface area contributed by atoms with Crippen molar-refractivity contribution in [3.8, 4) is 12.3 Å². The van der Waals surface area contributed by atoms with Crippen LogP contribution < -0.4 is 5.32 Å². The van der Waals surface area contributed by atoms with Crippen molar-refractivity contribution in [1.29, 1.82) is 0 Å². The molecule has 1 nitrogen and oxygen atoms in total. The van der Waals surface area contributed by atoms with Crippen molar-refractivity contribution >= 4 is 0 Å². The number of benzene rings is 1. The van der Waals surface area contributed by atoms with Gasteiger partial charge in [-0.15, -0.1) is 6.42 Å². The summed E-state index contributed by atoms with van der Waals surface area (Å²) in [6, 6.07) is 3.08. The molecule has 1 aromatic rings. The van der Waals surface area contributed by atoms with E-state index in [-0.39, 0.29) is 6.04 Å². The van der Waals surface area contributed by atoms with E-state index < -0.39 is 11.6 Å². The van der Waals surface area contributed by atoms with Crippen LogP contribution in [0.3, 0.4) is 0 Å². The van der Waals surface area contributed by atoms with Crippen LogP contribution in [0.25, 0.3) is 0 Å². The van der Waals surface area contributed by atoms with Gasteiger partial charge in [0.25, 0.3) is 0 Å². The van der Waals surface area contributed by atoms with E-state index in [2.05, 4.69) is 11.2 Å². The maximum absolute atomic E-state index is 13.2. The second-order valence-corrected chi connectivity index (χ2v) is 2.97. The van der Waals surface area contributed by atoms with Crippen molar-refractivity contribution < 1.29 is 8.78 Å². The Morgan fingerprint density at radius 2 is 2.21 bits per heavy atom. The van der Waals surface area contributed by atoms with Crippen LogP contribution in [0.4, 0.5) is 8.78 Å². The molecule has 0 amide bonds. The highest BCUT2D eigenvalue weighted by Crippen LogP contribution is 2.17. The summed E-state index contributed by atoms with van der Waals surface area (Å²) in [4.78, 5) is 0. The van der Waals surface area contributed by atoms with Crippen LogP contribution in [0.2, 0.25) is 0 Å². The smallest absolute Gasteiger partial charge is 0.128 e. The fraction of sp³-hybridized carbons (Fsp3) is 0.273. The third kappa shape index (κ3) is 2.54. The van der Waals surface area contributed by atoms with Gasteiger partial charge in [-0.05, 0) is 25.1 Å². The first-order valence-electron chi connectivity index (χ1n) is 4.27. The minimum atomic E-state index is -0.448. The fourth-order valence-electron chi connectivity index (χ4n) is 1.17. The highest BCUT2D eigenvalue weighted by Gasteiger charge is 2.10. The number of hydrogen-bond acceptors (Lipinski definition) is 1. The summed E-state index contributed by atoms with van der Waals surface area (Å²) in [6.07, 6.45) is 5.04. The zero-order valence-electron chi connectivity index (χ0n) is 7.85. The summed E-state index contributed by atoms with van der Waals surface area (Å²) in [5.41, 5.74) is 0.292. The van der Waals surface area contributed by atoms with Crippen LogP contribution in [0.15, 0.2) is 18.2 Å². The summed E-state index contributed by atoms with van der Waals surface area (Å²) in [6.45, 7) is 2.06. The minimum absolute atomic E-state index is 0.290. The van der Waals surface area contributed by atoms with E-state index in [4.69, 9.17) is 6.42 Å². The molecule has 1 N–H and O–H groups in total. The average molecular weight is 195 g/mol.